The lowest BCUT2D eigenvalue weighted by Gasteiger charge is -2.17. The minimum Gasteiger partial charge on any atom is -0.494 e. The minimum absolute atomic E-state index is 0.300. The number of ether oxygens (including phenoxy) is 1. The van der Waals surface area contributed by atoms with Crippen LogP contribution in [0.25, 0.3) is 11.6 Å². The van der Waals surface area contributed by atoms with Gasteiger partial charge in [0.15, 0.2) is 0 Å². The van der Waals surface area contributed by atoms with Crippen molar-refractivity contribution in [3.8, 4) is 0 Å². The third kappa shape index (κ3) is 4.70. The van der Waals surface area contributed by atoms with E-state index in [1.165, 1.54) is 6.08 Å². The lowest BCUT2D eigenvalue weighted by Crippen LogP contribution is -2.33. The van der Waals surface area contributed by atoms with Crippen LogP contribution in [0, 0.1) is 5.41 Å². The molecule has 0 fully saturated rings. The summed E-state index contributed by atoms with van der Waals surface area (Å²) in [5.74, 6) is 1.33. The first-order chi connectivity index (χ1) is 12.6. The van der Waals surface area contributed by atoms with Gasteiger partial charge in [-0.15, -0.1) is 0 Å². The number of hydrogen-bond donors (Lipinski definition) is 3. The summed E-state index contributed by atoms with van der Waals surface area (Å²) in [6.07, 6.45) is 11.5. The summed E-state index contributed by atoms with van der Waals surface area (Å²) in [6, 6.07) is 0. The highest BCUT2D eigenvalue weighted by molar-refractivity contribution is 5.93. The molecule has 2 aliphatic rings. The molecule has 26 heavy (non-hydrogen) atoms. The van der Waals surface area contributed by atoms with Gasteiger partial charge in [0.2, 0.25) is 0 Å². The van der Waals surface area contributed by atoms with Gasteiger partial charge in [0.25, 0.3) is 0 Å². The smallest absolute Gasteiger partial charge is 0.130 e. The van der Waals surface area contributed by atoms with Crippen LogP contribution in [0.2, 0.25) is 0 Å². The third-order valence-corrected chi connectivity index (χ3v) is 4.25. The van der Waals surface area contributed by atoms with E-state index in [-0.39, 0.29) is 5.83 Å². The molecule has 3 rings (SSSR count). The number of amidine groups is 1. The third-order valence-electron chi connectivity index (χ3n) is 4.25. The van der Waals surface area contributed by atoms with Crippen LogP contribution in [0.1, 0.15) is 24.4 Å². The summed E-state index contributed by atoms with van der Waals surface area (Å²) in [5.41, 5.74) is 1.01. The minimum atomic E-state index is -0.300. The van der Waals surface area contributed by atoms with Crippen LogP contribution in [0.4, 0.5) is 4.39 Å². The average molecular weight is 357 g/mol. The van der Waals surface area contributed by atoms with E-state index in [9.17, 15) is 4.39 Å². The molecule has 2 heterocycles. The largest absolute Gasteiger partial charge is 0.494 e. The van der Waals surface area contributed by atoms with Gasteiger partial charge in [0.05, 0.1) is 18.5 Å². The summed E-state index contributed by atoms with van der Waals surface area (Å²) >= 11 is 0. The van der Waals surface area contributed by atoms with Crippen molar-refractivity contribution in [2.24, 2.45) is 0 Å². The number of aromatic nitrogens is 2. The van der Waals surface area contributed by atoms with Gasteiger partial charge < -0.3 is 19.9 Å². The number of fused-ring (bicyclic) bond motifs is 4. The maximum atomic E-state index is 14.4. The number of imidazole rings is 1. The quantitative estimate of drug-likeness (QED) is 0.667. The molecule has 7 heteroatoms. The Morgan fingerprint density at radius 1 is 1.27 bits per heavy atom. The van der Waals surface area contributed by atoms with Gasteiger partial charge >= 0.3 is 0 Å². The number of allylic oxidation sites excluding steroid dienone is 5. The predicted molar refractivity (Wildman–Crippen MR) is 101 cm³/mol. The molecule has 0 amide bonds. The summed E-state index contributed by atoms with van der Waals surface area (Å²) in [7, 11) is 1.88. The molecule has 3 N–H and O–H groups in total. The van der Waals surface area contributed by atoms with Crippen molar-refractivity contribution in [3.05, 3.63) is 53.6 Å². The Kier molecular flexibility index (Phi) is 6.01. The molecular formula is C19H24FN5O. The van der Waals surface area contributed by atoms with E-state index in [0.29, 0.717) is 41.7 Å². The maximum Gasteiger partial charge on any atom is 0.130 e. The van der Waals surface area contributed by atoms with Gasteiger partial charge in [-0.1, -0.05) is 0 Å². The van der Waals surface area contributed by atoms with Gasteiger partial charge in [-0.05, 0) is 49.8 Å². The van der Waals surface area contributed by atoms with Gasteiger partial charge in [0, 0.05) is 25.7 Å². The zero-order valence-electron chi connectivity index (χ0n) is 14.9. The van der Waals surface area contributed by atoms with Gasteiger partial charge in [0.1, 0.15) is 23.2 Å². The second-order valence-corrected chi connectivity index (χ2v) is 6.23. The second-order valence-electron chi connectivity index (χ2n) is 6.23. The molecule has 0 saturated carbocycles. The Bertz CT molecular complexity index is 775. The van der Waals surface area contributed by atoms with Gasteiger partial charge in [-0.2, -0.15) is 0 Å². The van der Waals surface area contributed by atoms with Crippen LogP contribution >= 0.6 is 0 Å². The maximum absolute atomic E-state index is 14.4. The van der Waals surface area contributed by atoms with E-state index < -0.39 is 0 Å². The van der Waals surface area contributed by atoms with Crippen molar-refractivity contribution in [1.82, 2.24) is 20.2 Å². The van der Waals surface area contributed by atoms with Crippen molar-refractivity contribution in [1.29, 1.82) is 5.41 Å². The number of nitrogens with zero attached hydrogens (tertiary/aromatic N) is 2. The number of rotatable bonds is 0. The number of aromatic amines is 1. The first-order valence-electron chi connectivity index (χ1n) is 8.78. The molecule has 0 saturated heterocycles. The van der Waals surface area contributed by atoms with Crippen molar-refractivity contribution in [2.75, 3.05) is 33.3 Å². The molecule has 1 aromatic rings. The van der Waals surface area contributed by atoms with Gasteiger partial charge in [-0.25, -0.2) is 9.37 Å². The summed E-state index contributed by atoms with van der Waals surface area (Å²) in [4.78, 5) is 9.22. The van der Waals surface area contributed by atoms with Crippen molar-refractivity contribution >= 4 is 17.5 Å². The first kappa shape index (κ1) is 18.1. The normalized spacial score (nSPS) is 19.7. The van der Waals surface area contributed by atoms with Crippen LogP contribution in [0.15, 0.2) is 42.1 Å². The van der Waals surface area contributed by atoms with Crippen molar-refractivity contribution in [2.45, 2.75) is 12.8 Å². The van der Waals surface area contributed by atoms with E-state index >= 15 is 0 Å². The van der Waals surface area contributed by atoms with Crippen molar-refractivity contribution in [3.63, 3.8) is 0 Å². The second kappa shape index (κ2) is 8.62. The molecular weight excluding hydrogens is 333 g/mol. The lowest BCUT2D eigenvalue weighted by atomic mass is 10.1. The monoisotopic (exact) mass is 357 g/mol. The Labute approximate surface area is 152 Å². The Hall–Kier alpha value is -2.67. The fourth-order valence-corrected chi connectivity index (χ4v) is 2.69. The Morgan fingerprint density at radius 3 is 3.04 bits per heavy atom. The molecule has 0 radical (unpaired) electrons. The Morgan fingerprint density at radius 2 is 2.15 bits per heavy atom. The summed E-state index contributed by atoms with van der Waals surface area (Å²) < 4.78 is 20.2. The number of H-pyrrole nitrogens is 1. The highest BCUT2D eigenvalue weighted by atomic mass is 19.1. The molecule has 0 atom stereocenters. The van der Waals surface area contributed by atoms with Crippen LogP contribution in [-0.4, -0.2) is 54.0 Å². The van der Waals surface area contributed by atoms with Crippen LogP contribution in [0.3, 0.4) is 0 Å². The molecule has 0 aromatic carbocycles. The fourth-order valence-electron chi connectivity index (χ4n) is 2.69. The number of halogens is 1. The fraction of sp³-hybridized carbons (Fsp3) is 0.368. The zero-order chi connectivity index (χ0) is 18.4. The van der Waals surface area contributed by atoms with E-state index in [1.54, 1.807) is 24.4 Å². The average Bonchev–Trinajstić information content (AvgIpc) is 3.02. The standard InChI is InChI=1S/C19H24FN5O/c1-25-10-9-22-8-3-11-26-14-4-2-5-16(20)15(12-14)17-13-23-19(24-17)7-6-18(25)21/h4-7,12-13,21-22H,2-3,8-11H2,1H3,(H,23,24). The molecule has 4 bridgehead atoms. The van der Waals surface area contributed by atoms with Gasteiger partial charge in [-0.3, -0.25) is 5.41 Å². The van der Waals surface area contributed by atoms with Crippen LogP contribution in [0.5, 0.6) is 0 Å². The molecule has 0 unspecified atom stereocenters. The number of hydrogen-bond acceptors (Lipinski definition) is 4. The number of nitrogens with one attached hydrogen (secondary N) is 3. The molecule has 0 spiro atoms. The van der Waals surface area contributed by atoms with Crippen LogP contribution in [-0.2, 0) is 4.74 Å². The van der Waals surface area contributed by atoms with E-state index in [2.05, 4.69) is 15.3 Å². The van der Waals surface area contributed by atoms with E-state index in [4.69, 9.17) is 10.1 Å². The van der Waals surface area contributed by atoms with E-state index in [1.807, 2.05) is 18.0 Å². The zero-order valence-corrected chi connectivity index (χ0v) is 14.9. The molecule has 1 aromatic heterocycles. The lowest BCUT2D eigenvalue weighted by molar-refractivity contribution is 0.218. The highest BCUT2D eigenvalue weighted by Gasteiger charge is 2.14. The van der Waals surface area contributed by atoms with E-state index in [0.717, 1.165) is 26.1 Å². The molecule has 6 nitrogen and oxygen atoms in total. The number of likely N-dealkylation sites (N-methyl/N-ethyl adjacent to an activating group) is 1. The highest BCUT2D eigenvalue weighted by Crippen LogP contribution is 2.28. The SMILES string of the molecule is CN1CCNCCCOC2=CCC=C(F)C(=C2)c2cnc([nH]2)C=CC1=N. The Balaban J connectivity index is 1.88. The molecule has 1 aliphatic heterocycles. The predicted octanol–water partition coefficient (Wildman–Crippen LogP) is 2.87. The first-order valence-corrected chi connectivity index (χ1v) is 8.78. The van der Waals surface area contributed by atoms with Crippen molar-refractivity contribution < 1.29 is 9.13 Å². The summed E-state index contributed by atoms with van der Waals surface area (Å²) in [6.45, 7) is 2.92. The molecule has 138 valence electrons. The topological polar surface area (TPSA) is 77.0 Å². The molecule has 1 aliphatic carbocycles. The summed E-state index contributed by atoms with van der Waals surface area (Å²) in [5, 5.41) is 11.4. The van der Waals surface area contributed by atoms with Crippen LogP contribution < -0.4 is 5.32 Å².